The maximum Gasteiger partial charge on any atom is 0.208 e. The van der Waals surface area contributed by atoms with Crippen molar-refractivity contribution in [2.45, 2.75) is 50.1 Å². The van der Waals surface area contributed by atoms with E-state index < -0.39 is 10.0 Å². The SMILES string of the molecule is CS(=O)(=O)NCC1CCC(Nc2cc(-c3cccc(NCC4(N)CCOCC4)n3)c(Cl)cn2)CC1. The molecule has 1 aliphatic heterocycles. The van der Waals surface area contributed by atoms with E-state index in [2.05, 4.69) is 20.3 Å². The zero-order valence-corrected chi connectivity index (χ0v) is 21.7. The van der Waals surface area contributed by atoms with E-state index in [1.54, 1.807) is 6.20 Å². The molecule has 4 rings (SSSR count). The average molecular weight is 523 g/mol. The van der Waals surface area contributed by atoms with Crippen molar-refractivity contribution in [2.75, 3.05) is 43.2 Å². The maximum atomic E-state index is 11.3. The van der Waals surface area contributed by atoms with Gasteiger partial charge in [-0.25, -0.2) is 23.1 Å². The third kappa shape index (κ3) is 7.75. The highest BCUT2D eigenvalue weighted by molar-refractivity contribution is 7.88. The number of anilines is 2. The molecular weight excluding hydrogens is 488 g/mol. The summed E-state index contributed by atoms with van der Waals surface area (Å²) < 4.78 is 30.7. The van der Waals surface area contributed by atoms with E-state index in [0.717, 1.165) is 61.4 Å². The van der Waals surface area contributed by atoms with Crippen LogP contribution in [0.25, 0.3) is 11.3 Å². The Labute approximate surface area is 212 Å². The summed E-state index contributed by atoms with van der Waals surface area (Å²) in [6.45, 7) is 2.51. The lowest BCUT2D eigenvalue weighted by atomic mass is 9.86. The van der Waals surface area contributed by atoms with Gasteiger partial charge < -0.3 is 21.1 Å². The van der Waals surface area contributed by atoms with Crippen LogP contribution in [0.4, 0.5) is 11.6 Å². The van der Waals surface area contributed by atoms with Gasteiger partial charge in [0.2, 0.25) is 10.0 Å². The second-order valence-electron chi connectivity index (χ2n) is 9.77. The molecule has 0 aromatic carbocycles. The van der Waals surface area contributed by atoms with Crippen LogP contribution in [0.1, 0.15) is 38.5 Å². The Balaban J connectivity index is 1.37. The second-order valence-corrected chi connectivity index (χ2v) is 12.0. The molecule has 0 spiro atoms. The van der Waals surface area contributed by atoms with Gasteiger partial charge in [0.05, 0.1) is 17.0 Å². The first-order chi connectivity index (χ1) is 16.7. The van der Waals surface area contributed by atoms with Gasteiger partial charge in [-0.2, -0.15) is 0 Å². The number of halogens is 1. The van der Waals surface area contributed by atoms with Gasteiger partial charge in [0.15, 0.2) is 0 Å². The Kier molecular flexibility index (Phi) is 8.49. The molecule has 192 valence electrons. The monoisotopic (exact) mass is 522 g/mol. The zero-order valence-electron chi connectivity index (χ0n) is 20.1. The van der Waals surface area contributed by atoms with Gasteiger partial charge in [-0.3, -0.25) is 0 Å². The van der Waals surface area contributed by atoms with Crippen molar-refractivity contribution in [2.24, 2.45) is 11.7 Å². The minimum atomic E-state index is -3.15. The van der Waals surface area contributed by atoms with Gasteiger partial charge in [-0.1, -0.05) is 17.7 Å². The summed E-state index contributed by atoms with van der Waals surface area (Å²) in [5.41, 5.74) is 7.78. The number of nitrogens with one attached hydrogen (secondary N) is 3. The molecule has 1 aliphatic carbocycles. The topological polar surface area (TPSA) is 131 Å². The first-order valence-corrected chi connectivity index (χ1v) is 14.4. The Morgan fingerprint density at radius 3 is 2.63 bits per heavy atom. The van der Waals surface area contributed by atoms with Crippen LogP contribution in [0, 0.1) is 5.92 Å². The van der Waals surface area contributed by atoms with Crippen molar-refractivity contribution in [3.8, 4) is 11.3 Å². The lowest BCUT2D eigenvalue weighted by Crippen LogP contribution is -2.50. The molecule has 0 amide bonds. The van der Waals surface area contributed by atoms with Gasteiger partial charge in [-0.15, -0.1) is 0 Å². The first-order valence-electron chi connectivity index (χ1n) is 12.1. The minimum absolute atomic E-state index is 0.284. The van der Waals surface area contributed by atoms with Gasteiger partial charge in [0.25, 0.3) is 0 Å². The molecule has 5 N–H and O–H groups in total. The summed E-state index contributed by atoms with van der Waals surface area (Å²) in [6.07, 6.45) is 8.33. The predicted octanol–water partition coefficient (Wildman–Crippen LogP) is 3.24. The fourth-order valence-corrected chi connectivity index (χ4v) is 5.35. The normalized spacial score (nSPS) is 22.5. The molecule has 2 fully saturated rings. The fourth-order valence-electron chi connectivity index (χ4n) is 4.61. The molecule has 1 saturated carbocycles. The summed E-state index contributed by atoms with van der Waals surface area (Å²) in [6, 6.07) is 8.04. The Morgan fingerprint density at radius 2 is 1.91 bits per heavy atom. The molecule has 35 heavy (non-hydrogen) atoms. The van der Waals surface area contributed by atoms with Crippen molar-refractivity contribution in [3.05, 3.63) is 35.5 Å². The third-order valence-corrected chi connectivity index (χ3v) is 7.82. The summed E-state index contributed by atoms with van der Waals surface area (Å²) in [7, 11) is -3.15. The predicted molar refractivity (Wildman–Crippen MR) is 140 cm³/mol. The largest absolute Gasteiger partial charge is 0.381 e. The molecule has 0 unspecified atom stereocenters. The lowest BCUT2D eigenvalue weighted by Gasteiger charge is -2.33. The number of ether oxygens (including phenoxy) is 1. The molecule has 0 bridgehead atoms. The molecule has 3 heterocycles. The summed E-state index contributed by atoms with van der Waals surface area (Å²) >= 11 is 6.50. The molecular formula is C24H35ClN6O3S. The fraction of sp³-hybridized carbons (Fsp3) is 0.583. The van der Waals surface area contributed by atoms with Crippen molar-refractivity contribution in [1.82, 2.24) is 14.7 Å². The van der Waals surface area contributed by atoms with Crippen molar-refractivity contribution in [3.63, 3.8) is 0 Å². The summed E-state index contributed by atoms with van der Waals surface area (Å²) in [5.74, 6) is 1.87. The van der Waals surface area contributed by atoms with E-state index in [9.17, 15) is 8.42 Å². The Morgan fingerprint density at radius 1 is 1.17 bits per heavy atom. The molecule has 9 nitrogen and oxygen atoms in total. The summed E-state index contributed by atoms with van der Waals surface area (Å²) in [5, 5.41) is 7.44. The van der Waals surface area contributed by atoms with Gasteiger partial charge in [0, 0.05) is 49.6 Å². The molecule has 2 aromatic rings. The molecule has 11 heteroatoms. The number of sulfonamides is 1. The van der Waals surface area contributed by atoms with Crippen LogP contribution in [-0.4, -0.2) is 62.5 Å². The first kappa shape index (κ1) is 26.1. The lowest BCUT2D eigenvalue weighted by molar-refractivity contribution is 0.0574. The smallest absolute Gasteiger partial charge is 0.208 e. The highest BCUT2D eigenvalue weighted by atomic mass is 35.5. The van der Waals surface area contributed by atoms with E-state index in [4.69, 9.17) is 27.1 Å². The highest BCUT2D eigenvalue weighted by Crippen LogP contribution is 2.31. The number of pyridine rings is 2. The number of rotatable bonds is 9. The molecule has 0 radical (unpaired) electrons. The van der Waals surface area contributed by atoms with Crippen LogP contribution in [0.2, 0.25) is 5.02 Å². The minimum Gasteiger partial charge on any atom is -0.381 e. The third-order valence-electron chi connectivity index (χ3n) is 6.82. The van der Waals surface area contributed by atoms with Crippen LogP contribution >= 0.6 is 11.6 Å². The number of hydrogen-bond donors (Lipinski definition) is 4. The maximum absolute atomic E-state index is 11.3. The number of hydrogen-bond acceptors (Lipinski definition) is 8. The van der Waals surface area contributed by atoms with E-state index in [0.29, 0.717) is 37.2 Å². The van der Waals surface area contributed by atoms with Crippen molar-refractivity contribution >= 4 is 33.3 Å². The highest BCUT2D eigenvalue weighted by Gasteiger charge is 2.28. The van der Waals surface area contributed by atoms with Gasteiger partial charge in [-0.05, 0) is 62.6 Å². The number of nitrogens with zero attached hydrogens (tertiary/aromatic N) is 2. The molecule has 1 saturated heterocycles. The van der Waals surface area contributed by atoms with Gasteiger partial charge >= 0.3 is 0 Å². The van der Waals surface area contributed by atoms with Crippen LogP contribution in [0.5, 0.6) is 0 Å². The quantitative estimate of drug-likeness (QED) is 0.394. The van der Waals surface area contributed by atoms with E-state index in [1.807, 2.05) is 24.3 Å². The molecule has 2 aliphatic rings. The van der Waals surface area contributed by atoms with Crippen LogP contribution in [0.3, 0.4) is 0 Å². The number of nitrogens with two attached hydrogens (primary N) is 1. The standard InChI is InChI=1S/C24H35ClN6O3S/c1-35(32,33)29-14-17-5-7-18(8-6-17)30-23-13-19(20(25)15-27-23)21-3-2-4-22(31-21)28-16-24(26)9-11-34-12-10-24/h2-4,13,15,17-18,29H,5-12,14,16,26H2,1H3,(H,27,30)(H,28,31). The van der Waals surface area contributed by atoms with Crippen LogP contribution < -0.4 is 21.1 Å². The van der Waals surface area contributed by atoms with E-state index in [1.165, 1.54) is 6.26 Å². The van der Waals surface area contributed by atoms with E-state index in [-0.39, 0.29) is 11.6 Å². The van der Waals surface area contributed by atoms with Crippen LogP contribution in [-0.2, 0) is 14.8 Å². The van der Waals surface area contributed by atoms with Crippen molar-refractivity contribution in [1.29, 1.82) is 0 Å². The van der Waals surface area contributed by atoms with Gasteiger partial charge in [0.1, 0.15) is 11.6 Å². The number of aromatic nitrogens is 2. The average Bonchev–Trinajstić information content (AvgIpc) is 2.84. The second kappa shape index (κ2) is 11.4. The Hall–Kier alpha value is -1.98. The Bertz CT molecular complexity index is 1100. The van der Waals surface area contributed by atoms with Crippen molar-refractivity contribution < 1.29 is 13.2 Å². The molecule has 2 aromatic heterocycles. The molecule has 0 atom stereocenters. The zero-order chi connectivity index (χ0) is 24.9. The van der Waals surface area contributed by atoms with Crippen LogP contribution in [0.15, 0.2) is 30.5 Å². The van der Waals surface area contributed by atoms with E-state index >= 15 is 0 Å². The summed E-state index contributed by atoms with van der Waals surface area (Å²) in [4.78, 5) is 9.23.